The van der Waals surface area contributed by atoms with E-state index < -0.39 is 0 Å². The fourth-order valence-corrected chi connectivity index (χ4v) is 2.13. The van der Waals surface area contributed by atoms with Crippen molar-refractivity contribution in [3.63, 3.8) is 0 Å². The van der Waals surface area contributed by atoms with E-state index in [4.69, 9.17) is 10.5 Å². The Morgan fingerprint density at radius 1 is 1.60 bits per heavy atom. The van der Waals surface area contributed by atoms with Crippen LogP contribution < -0.4 is 15.4 Å². The van der Waals surface area contributed by atoms with E-state index in [9.17, 15) is 0 Å². The third-order valence-electron chi connectivity index (χ3n) is 2.39. The fraction of sp³-hybridized carbons (Fsp3) is 0.455. The second-order valence-electron chi connectivity index (χ2n) is 3.88. The summed E-state index contributed by atoms with van der Waals surface area (Å²) < 4.78 is 6.65. The Kier molecular flexibility index (Phi) is 3.17. The minimum Gasteiger partial charge on any atom is -0.490 e. The van der Waals surface area contributed by atoms with E-state index >= 15 is 0 Å². The average Bonchev–Trinajstić information content (AvgIpc) is 2.16. The van der Waals surface area contributed by atoms with Crippen LogP contribution in [0.25, 0.3) is 0 Å². The highest BCUT2D eigenvalue weighted by Crippen LogP contribution is 2.33. The number of hydrogen-bond acceptors (Lipinski definition) is 3. The zero-order valence-corrected chi connectivity index (χ0v) is 10.3. The van der Waals surface area contributed by atoms with Crippen LogP contribution in [0.5, 0.6) is 5.75 Å². The topological polar surface area (TPSA) is 38.5 Å². The molecule has 1 aromatic rings. The maximum atomic E-state index is 5.82. The van der Waals surface area contributed by atoms with Gasteiger partial charge in [-0.25, -0.2) is 0 Å². The molecule has 1 aromatic carbocycles. The molecule has 1 atom stereocenters. The molecule has 1 aliphatic heterocycles. The summed E-state index contributed by atoms with van der Waals surface area (Å²) in [6.07, 6.45) is 0. The molecule has 2 N–H and O–H groups in total. The lowest BCUT2D eigenvalue weighted by Crippen LogP contribution is -2.40. The number of fused-ring (bicyclic) bond motifs is 1. The standard InChI is InChI=1S/C11H15BrN2O/c1-8(13)7-14-4-5-15-11-6-9(12)2-3-10(11)14/h2-3,6,8H,4-5,7,13H2,1H3. The molecular formula is C11H15BrN2O. The summed E-state index contributed by atoms with van der Waals surface area (Å²) in [6, 6.07) is 6.28. The van der Waals surface area contributed by atoms with Crippen molar-refractivity contribution in [2.45, 2.75) is 13.0 Å². The first-order valence-electron chi connectivity index (χ1n) is 5.09. The molecule has 3 nitrogen and oxygen atoms in total. The molecule has 1 aliphatic rings. The van der Waals surface area contributed by atoms with E-state index in [2.05, 4.69) is 26.9 Å². The minimum absolute atomic E-state index is 0.180. The molecule has 4 heteroatoms. The van der Waals surface area contributed by atoms with Gasteiger partial charge in [0.15, 0.2) is 0 Å². The van der Waals surface area contributed by atoms with Gasteiger partial charge in [-0.1, -0.05) is 15.9 Å². The summed E-state index contributed by atoms with van der Waals surface area (Å²) >= 11 is 3.44. The highest BCUT2D eigenvalue weighted by Gasteiger charge is 2.18. The highest BCUT2D eigenvalue weighted by molar-refractivity contribution is 9.10. The van der Waals surface area contributed by atoms with E-state index in [0.29, 0.717) is 0 Å². The van der Waals surface area contributed by atoms with Crippen LogP contribution in [-0.4, -0.2) is 25.7 Å². The highest BCUT2D eigenvalue weighted by atomic mass is 79.9. The molecule has 0 aliphatic carbocycles. The SMILES string of the molecule is CC(N)CN1CCOc2cc(Br)ccc21. The average molecular weight is 271 g/mol. The van der Waals surface area contributed by atoms with Crippen molar-refractivity contribution in [2.75, 3.05) is 24.6 Å². The molecule has 0 saturated carbocycles. The summed E-state index contributed by atoms with van der Waals surface area (Å²) in [6.45, 7) is 4.54. The van der Waals surface area contributed by atoms with Crippen LogP contribution in [-0.2, 0) is 0 Å². The smallest absolute Gasteiger partial charge is 0.143 e. The number of anilines is 1. The van der Waals surface area contributed by atoms with Gasteiger partial charge in [-0.05, 0) is 25.1 Å². The van der Waals surface area contributed by atoms with Crippen molar-refractivity contribution in [3.05, 3.63) is 22.7 Å². The van der Waals surface area contributed by atoms with Crippen molar-refractivity contribution >= 4 is 21.6 Å². The fourth-order valence-electron chi connectivity index (χ4n) is 1.79. The van der Waals surface area contributed by atoms with Crippen molar-refractivity contribution in [3.8, 4) is 5.75 Å². The third kappa shape index (κ3) is 2.44. The van der Waals surface area contributed by atoms with Gasteiger partial charge in [0.1, 0.15) is 12.4 Å². The minimum atomic E-state index is 0.180. The molecule has 0 bridgehead atoms. The van der Waals surface area contributed by atoms with Gasteiger partial charge in [-0.3, -0.25) is 0 Å². The van der Waals surface area contributed by atoms with Gasteiger partial charge in [0, 0.05) is 17.1 Å². The molecule has 0 spiro atoms. The van der Waals surface area contributed by atoms with E-state index in [1.165, 1.54) is 0 Å². The van der Waals surface area contributed by atoms with Crippen LogP contribution in [0.2, 0.25) is 0 Å². The number of nitrogens with two attached hydrogens (primary N) is 1. The number of rotatable bonds is 2. The van der Waals surface area contributed by atoms with Crippen LogP contribution >= 0.6 is 15.9 Å². The van der Waals surface area contributed by atoms with Gasteiger partial charge in [0.25, 0.3) is 0 Å². The quantitative estimate of drug-likeness (QED) is 0.894. The van der Waals surface area contributed by atoms with E-state index in [1.54, 1.807) is 0 Å². The summed E-state index contributed by atoms with van der Waals surface area (Å²) in [5.74, 6) is 0.941. The molecule has 82 valence electrons. The van der Waals surface area contributed by atoms with Gasteiger partial charge in [-0.15, -0.1) is 0 Å². The van der Waals surface area contributed by atoms with Gasteiger partial charge in [0.05, 0.1) is 12.2 Å². The van der Waals surface area contributed by atoms with E-state index in [1.807, 2.05) is 19.1 Å². The van der Waals surface area contributed by atoms with Crippen molar-refractivity contribution in [2.24, 2.45) is 5.73 Å². The second-order valence-corrected chi connectivity index (χ2v) is 4.80. The predicted octanol–water partition coefficient (Wildman–Crippen LogP) is 2.00. The maximum Gasteiger partial charge on any atom is 0.143 e. The Morgan fingerprint density at radius 3 is 3.13 bits per heavy atom. The lowest BCUT2D eigenvalue weighted by molar-refractivity contribution is 0.306. The predicted molar refractivity (Wildman–Crippen MR) is 65.5 cm³/mol. The number of halogens is 1. The Morgan fingerprint density at radius 2 is 2.40 bits per heavy atom. The number of nitrogens with zero attached hydrogens (tertiary/aromatic N) is 1. The van der Waals surface area contributed by atoms with Gasteiger partial charge < -0.3 is 15.4 Å². The first-order chi connectivity index (χ1) is 7.16. The molecular weight excluding hydrogens is 256 g/mol. The molecule has 2 rings (SSSR count). The summed E-state index contributed by atoms with van der Waals surface area (Å²) in [5, 5.41) is 0. The second kappa shape index (κ2) is 4.41. The van der Waals surface area contributed by atoms with Crippen molar-refractivity contribution in [1.29, 1.82) is 0 Å². The Labute approximate surface area is 98.3 Å². The lowest BCUT2D eigenvalue weighted by atomic mass is 10.2. The van der Waals surface area contributed by atoms with Crippen LogP contribution in [0.1, 0.15) is 6.92 Å². The molecule has 1 heterocycles. The molecule has 0 saturated heterocycles. The first-order valence-corrected chi connectivity index (χ1v) is 5.89. The van der Waals surface area contributed by atoms with Crippen LogP contribution in [0, 0.1) is 0 Å². The van der Waals surface area contributed by atoms with Gasteiger partial charge >= 0.3 is 0 Å². The monoisotopic (exact) mass is 270 g/mol. The normalized spacial score (nSPS) is 16.9. The zero-order valence-electron chi connectivity index (χ0n) is 8.74. The molecule has 15 heavy (non-hydrogen) atoms. The van der Waals surface area contributed by atoms with Crippen molar-refractivity contribution < 1.29 is 4.74 Å². The van der Waals surface area contributed by atoms with Crippen LogP contribution in [0.15, 0.2) is 22.7 Å². The van der Waals surface area contributed by atoms with Gasteiger partial charge in [-0.2, -0.15) is 0 Å². The summed E-state index contributed by atoms with van der Waals surface area (Å²) in [7, 11) is 0. The number of benzene rings is 1. The molecule has 0 fully saturated rings. The first kappa shape index (κ1) is 10.8. The summed E-state index contributed by atoms with van der Waals surface area (Å²) in [5.41, 5.74) is 6.96. The Hall–Kier alpha value is -0.740. The van der Waals surface area contributed by atoms with E-state index in [-0.39, 0.29) is 6.04 Å². The number of ether oxygens (including phenoxy) is 1. The molecule has 0 amide bonds. The van der Waals surface area contributed by atoms with E-state index in [0.717, 1.165) is 35.6 Å². The van der Waals surface area contributed by atoms with Gasteiger partial charge in [0.2, 0.25) is 0 Å². The zero-order chi connectivity index (χ0) is 10.8. The maximum absolute atomic E-state index is 5.82. The summed E-state index contributed by atoms with van der Waals surface area (Å²) in [4.78, 5) is 2.27. The number of hydrogen-bond donors (Lipinski definition) is 1. The lowest BCUT2D eigenvalue weighted by Gasteiger charge is -2.32. The van der Waals surface area contributed by atoms with Crippen LogP contribution in [0.3, 0.4) is 0 Å². The Balaban J connectivity index is 2.26. The molecule has 1 unspecified atom stereocenters. The largest absolute Gasteiger partial charge is 0.490 e. The molecule has 0 radical (unpaired) electrons. The Bertz CT molecular complexity index is 354. The van der Waals surface area contributed by atoms with Crippen LogP contribution in [0.4, 0.5) is 5.69 Å². The third-order valence-corrected chi connectivity index (χ3v) is 2.88. The van der Waals surface area contributed by atoms with Crippen molar-refractivity contribution in [1.82, 2.24) is 0 Å². The molecule has 0 aromatic heterocycles.